The predicted molar refractivity (Wildman–Crippen MR) is 81.5 cm³/mol. The van der Waals surface area contributed by atoms with Crippen molar-refractivity contribution in [2.24, 2.45) is 0 Å². The summed E-state index contributed by atoms with van der Waals surface area (Å²) in [5.41, 5.74) is 0.785. The number of nitrogens with one attached hydrogen (secondary N) is 1. The molecular formula is C14H19N3O4S. The molecule has 1 aromatic carbocycles. The molecule has 0 fully saturated rings. The summed E-state index contributed by atoms with van der Waals surface area (Å²) in [5.74, 6) is 0.706. The first kappa shape index (κ1) is 16.3. The normalized spacial score (nSPS) is 11.4. The van der Waals surface area contributed by atoms with Gasteiger partial charge in [-0.15, -0.1) is 0 Å². The van der Waals surface area contributed by atoms with Gasteiger partial charge in [0.1, 0.15) is 16.4 Å². The van der Waals surface area contributed by atoms with Gasteiger partial charge in [0.2, 0.25) is 10.0 Å². The fourth-order valence-electron chi connectivity index (χ4n) is 1.92. The first-order chi connectivity index (χ1) is 10.5. The average Bonchev–Trinajstić information content (AvgIpc) is 3.00. The molecule has 1 heterocycles. The van der Waals surface area contributed by atoms with Crippen molar-refractivity contribution in [1.29, 1.82) is 0 Å². The van der Waals surface area contributed by atoms with Crippen LogP contribution in [0.4, 0.5) is 0 Å². The van der Waals surface area contributed by atoms with E-state index in [0.29, 0.717) is 5.75 Å². The van der Waals surface area contributed by atoms with Crippen molar-refractivity contribution in [3.63, 3.8) is 0 Å². The Hall–Kier alpha value is -2.06. The third-order valence-corrected chi connectivity index (χ3v) is 4.56. The molecule has 22 heavy (non-hydrogen) atoms. The van der Waals surface area contributed by atoms with E-state index in [0.717, 1.165) is 12.1 Å². The number of rotatable bonds is 7. The van der Waals surface area contributed by atoms with E-state index in [-0.39, 0.29) is 17.2 Å². The minimum atomic E-state index is -3.72. The maximum absolute atomic E-state index is 12.5. The number of aryl methyl sites for hydroxylation is 1. The molecule has 0 atom stereocenters. The summed E-state index contributed by atoms with van der Waals surface area (Å²) < 4.78 is 39.4. The van der Waals surface area contributed by atoms with Gasteiger partial charge in [-0.3, -0.25) is 4.68 Å². The van der Waals surface area contributed by atoms with Crippen LogP contribution in [-0.4, -0.2) is 32.4 Å². The highest BCUT2D eigenvalue weighted by Gasteiger charge is 2.20. The molecule has 2 rings (SSSR count). The monoisotopic (exact) mass is 325 g/mol. The summed E-state index contributed by atoms with van der Waals surface area (Å²) in [6.07, 6.45) is 3.43. The van der Waals surface area contributed by atoms with Crippen molar-refractivity contribution < 1.29 is 17.9 Å². The SMILES string of the molecule is CCn1cc(CNS(=O)(=O)c2cc(OC)ccc2OC)cn1. The third kappa shape index (κ3) is 3.58. The highest BCUT2D eigenvalue weighted by atomic mass is 32.2. The highest BCUT2D eigenvalue weighted by molar-refractivity contribution is 7.89. The zero-order valence-corrected chi connectivity index (χ0v) is 13.6. The summed E-state index contributed by atoms with van der Waals surface area (Å²) in [7, 11) is -0.824. The van der Waals surface area contributed by atoms with Crippen LogP contribution in [0.2, 0.25) is 0 Å². The molecule has 120 valence electrons. The maximum Gasteiger partial charge on any atom is 0.244 e. The topological polar surface area (TPSA) is 82.5 Å². The van der Waals surface area contributed by atoms with E-state index in [4.69, 9.17) is 9.47 Å². The van der Waals surface area contributed by atoms with Gasteiger partial charge in [0.15, 0.2) is 0 Å². The molecule has 1 N–H and O–H groups in total. The molecule has 0 amide bonds. The standard InChI is InChI=1S/C14H19N3O4S/c1-4-17-10-11(8-15-17)9-16-22(18,19)14-7-12(20-2)5-6-13(14)21-3/h5-8,10,16H,4,9H2,1-3H3. The molecule has 0 radical (unpaired) electrons. The molecule has 0 saturated heterocycles. The number of sulfonamides is 1. The van der Waals surface area contributed by atoms with Crippen molar-refractivity contribution in [2.45, 2.75) is 24.9 Å². The van der Waals surface area contributed by atoms with Crippen LogP contribution in [0.15, 0.2) is 35.5 Å². The van der Waals surface area contributed by atoms with Crippen LogP contribution in [0.25, 0.3) is 0 Å². The quantitative estimate of drug-likeness (QED) is 0.832. The van der Waals surface area contributed by atoms with Crippen LogP contribution >= 0.6 is 0 Å². The smallest absolute Gasteiger partial charge is 0.244 e. The Balaban J connectivity index is 2.22. The van der Waals surface area contributed by atoms with E-state index in [1.807, 2.05) is 6.92 Å². The van der Waals surface area contributed by atoms with Crippen LogP contribution in [-0.2, 0) is 23.1 Å². The lowest BCUT2D eigenvalue weighted by Crippen LogP contribution is -2.23. The third-order valence-electron chi connectivity index (χ3n) is 3.14. The molecule has 2 aromatic rings. The summed E-state index contributed by atoms with van der Waals surface area (Å²) in [6, 6.07) is 4.63. The fourth-order valence-corrected chi connectivity index (χ4v) is 3.12. The van der Waals surface area contributed by atoms with Gasteiger partial charge in [0, 0.05) is 30.9 Å². The molecule has 8 heteroatoms. The van der Waals surface area contributed by atoms with Crippen LogP contribution in [0, 0.1) is 0 Å². The zero-order chi connectivity index (χ0) is 16.2. The predicted octanol–water partition coefficient (Wildman–Crippen LogP) is 1.40. The van der Waals surface area contributed by atoms with E-state index in [1.54, 1.807) is 29.2 Å². The van der Waals surface area contributed by atoms with Crippen LogP contribution in [0.5, 0.6) is 11.5 Å². The van der Waals surface area contributed by atoms with Gasteiger partial charge in [-0.05, 0) is 19.1 Å². The van der Waals surface area contributed by atoms with Crippen molar-refractivity contribution in [2.75, 3.05) is 14.2 Å². The fraction of sp³-hybridized carbons (Fsp3) is 0.357. The van der Waals surface area contributed by atoms with E-state index < -0.39 is 10.0 Å². The molecular weight excluding hydrogens is 306 g/mol. The second kappa shape index (κ2) is 6.80. The van der Waals surface area contributed by atoms with Crippen molar-refractivity contribution >= 4 is 10.0 Å². The molecule has 1 aromatic heterocycles. The minimum absolute atomic E-state index is 0.0391. The Morgan fingerprint density at radius 1 is 1.27 bits per heavy atom. The number of benzene rings is 1. The van der Waals surface area contributed by atoms with Gasteiger partial charge in [0.25, 0.3) is 0 Å². The van der Waals surface area contributed by atoms with Crippen LogP contribution in [0.3, 0.4) is 0 Å². The highest BCUT2D eigenvalue weighted by Crippen LogP contribution is 2.28. The van der Waals surface area contributed by atoms with Crippen molar-refractivity contribution in [3.8, 4) is 11.5 Å². The maximum atomic E-state index is 12.5. The first-order valence-corrected chi connectivity index (χ1v) is 8.21. The van der Waals surface area contributed by atoms with Crippen LogP contribution in [0.1, 0.15) is 12.5 Å². The Kier molecular flexibility index (Phi) is 5.04. The number of ether oxygens (including phenoxy) is 2. The molecule has 7 nitrogen and oxygen atoms in total. The molecule has 0 aliphatic rings. The molecule has 0 spiro atoms. The van der Waals surface area contributed by atoms with E-state index in [2.05, 4.69) is 9.82 Å². The van der Waals surface area contributed by atoms with Gasteiger partial charge in [-0.1, -0.05) is 0 Å². The van der Waals surface area contributed by atoms with Crippen molar-refractivity contribution in [1.82, 2.24) is 14.5 Å². The van der Waals surface area contributed by atoms with E-state index in [9.17, 15) is 8.42 Å². The van der Waals surface area contributed by atoms with Gasteiger partial charge in [-0.2, -0.15) is 5.10 Å². The molecule has 0 unspecified atom stereocenters. The van der Waals surface area contributed by atoms with E-state index in [1.165, 1.54) is 20.3 Å². The molecule has 0 bridgehead atoms. The lowest BCUT2D eigenvalue weighted by molar-refractivity contribution is 0.392. The van der Waals surface area contributed by atoms with Crippen molar-refractivity contribution in [3.05, 3.63) is 36.2 Å². The Morgan fingerprint density at radius 3 is 2.64 bits per heavy atom. The second-order valence-electron chi connectivity index (χ2n) is 4.55. The Labute approximate surface area is 129 Å². The molecule has 0 aliphatic carbocycles. The average molecular weight is 325 g/mol. The Bertz CT molecular complexity index is 740. The summed E-state index contributed by atoms with van der Waals surface area (Å²) in [4.78, 5) is 0.0391. The second-order valence-corrected chi connectivity index (χ2v) is 6.28. The van der Waals surface area contributed by atoms with Crippen LogP contribution < -0.4 is 14.2 Å². The number of hydrogen-bond acceptors (Lipinski definition) is 5. The summed E-state index contributed by atoms with van der Waals surface area (Å²) in [6.45, 7) is 2.85. The molecule has 0 saturated carbocycles. The number of methoxy groups -OCH3 is 2. The van der Waals surface area contributed by atoms with E-state index >= 15 is 0 Å². The van der Waals surface area contributed by atoms with Gasteiger partial charge in [0.05, 0.1) is 20.4 Å². The number of hydrogen-bond donors (Lipinski definition) is 1. The summed E-state index contributed by atoms with van der Waals surface area (Å²) in [5, 5.41) is 4.11. The summed E-state index contributed by atoms with van der Waals surface area (Å²) >= 11 is 0. The molecule has 0 aliphatic heterocycles. The first-order valence-electron chi connectivity index (χ1n) is 6.73. The van der Waals surface area contributed by atoms with Gasteiger partial charge >= 0.3 is 0 Å². The zero-order valence-electron chi connectivity index (χ0n) is 12.7. The number of nitrogens with zero attached hydrogens (tertiary/aromatic N) is 2. The lowest BCUT2D eigenvalue weighted by atomic mass is 10.3. The van der Waals surface area contributed by atoms with Gasteiger partial charge < -0.3 is 9.47 Å². The van der Waals surface area contributed by atoms with Gasteiger partial charge in [-0.25, -0.2) is 13.1 Å². The largest absolute Gasteiger partial charge is 0.497 e. The Morgan fingerprint density at radius 2 is 2.05 bits per heavy atom. The lowest BCUT2D eigenvalue weighted by Gasteiger charge is -2.11. The minimum Gasteiger partial charge on any atom is -0.497 e. The number of aromatic nitrogens is 2.